The van der Waals surface area contributed by atoms with E-state index in [2.05, 4.69) is 5.32 Å². The molecule has 1 N–H and O–H groups in total. The standard InChI is InChI=1S/C28H23NO4/c30-27(29-24-13-11-23(12-14-24)28(31)22-9-5-2-6-10-22)20-33-26-17-15-25(16-18-26)32-19-21-7-3-1-4-8-21/h1-18H,19-20H2,(H,29,30). The van der Waals surface area contributed by atoms with Gasteiger partial charge in [0.15, 0.2) is 12.4 Å². The minimum absolute atomic E-state index is 0.0620. The summed E-state index contributed by atoms with van der Waals surface area (Å²) in [6.45, 7) is 0.355. The van der Waals surface area contributed by atoms with Gasteiger partial charge in [-0.3, -0.25) is 9.59 Å². The second kappa shape index (κ2) is 10.8. The van der Waals surface area contributed by atoms with Crippen LogP contribution in [0.2, 0.25) is 0 Å². The first kappa shape index (κ1) is 21.8. The fraction of sp³-hybridized carbons (Fsp3) is 0.0714. The molecule has 4 rings (SSSR count). The summed E-state index contributed by atoms with van der Waals surface area (Å²) in [6, 6.07) is 32.9. The van der Waals surface area contributed by atoms with E-state index in [4.69, 9.17) is 9.47 Å². The largest absolute Gasteiger partial charge is 0.489 e. The Kier molecular flexibility index (Phi) is 7.13. The third-order valence-electron chi connectivity index (χ3n) is 4.91. The van der Waals surface area contributed by atoms with Crippen molar-refractivity contribution in [3.8, 4) is 11.5 Å². The molecule has 1 amide bonds. The number of carbonyl (C=O) groups excluding carboxylic acids is 2. The van der Waals surface area contributed by atoms with E-state index in [9.17, 15) is 9.59 Å². The van der Waals surface area contributed by atoms with Crippen LogP contribution in [0.4, 0.5) is 5.69 Å². The molecule has 0 atom stereocenters. The molecule has 5 heteroatoms. The normalized spacial score (nSPS) is 10.3. The Morgan fingerprint density at radius 3 is 1.79 bits per heavy atom. The molecule has 4 aromatic carbocycles. The van der Waals surface area contributed by atoms with Crippen LogP contribution in [-0.2, 0) is 11.4 Å². The maximum absolute atomic E-state index is 12.5. The molecule has 0 aliphatic rings. The Morgan fingerprint density at radius 1 is 0.606 bits per heavy atom. The van der Waals surface area contributed by atoms with E-state index in [0.717, 1.165) is 11.3 Å². The van der Waals surface area contributed by atoms with Crippen molar-refractivity contribution < 1.29 is 19.1 Å². The van der Waals surface area contributed by atoms with Gasteiger partial charge < -0.3 is 14.8 Å². The highest BCUT2D eigenvalue weighted by Gasteiger charge is 2.09. The number of amides is 1. The van der Waals surface area contributed by atoms with Crippen LogP contribution in [-0.4, -0.2) is 18.3 Å². The molecule has 0 aliphatic carbocycles. The minimum Gasteiger partial charge on any atom is -0.489 e. The highest BCUT2D eigenvalue weighted by atomic mass is 16.5. The van der Waals surface area contributed by atoms with Crippen molar-refractivity contribution in [3.05, 3.63) is 126 Å². The van der Waals surface area contributed by atoms with E-state index in [-0.39, 0.29) is 18.3 Å². The average molecular weight is 437 g/mol. The summed E-state index contributed by atoms with van der Waals surface area (Å²) < 4.78 is 11.3. The number of nitrogens with one attached hydrogen (secondary N) is 1. The van der Waals surface area contributed by atoms with Crippen molar-refractivity contribution in [1.29, 1.82) is 0 Å². The molecule has 4 aromatic rings. The molecule has 0 aliphatic heterocycles. The average Bonchev–Trinajstić information content (AvgIpc) is 2.88. The van der Waals surface area contributed by atoms with E-state index in [1.54, 1.807) is 60.7 Å². The molecular formula is C28H23NO4. The molecule has 0 aromatic heterocycles. The molecule has 0 radical (unpaired) electrons. The molecule has 0 spiro atoms. The van der Waals surface area contributed by atoms with E-state index in [1.807, 2.05) is 48.5 Å². The van der Waals surface area contributed by atoms with Crippen molar-refractivity contribution in [2.45, 2.75) is 6.61 Å². The van der Waals surface area contributed by atoms with E-state index < -0.39 is 0 Å². The first-order valence-electron chi connectivity index (χ1n) is 10.6. The number of carbonyl (C=O) groups is 2. The number of benzene rings is 4. The van der Waals surface area contributed by atoms with Crippen molar-refractivity contribution in [1.82, 2.24) is 0 Å². The van der Waals surface area contributed by atoms with Gasteiger partial charge >= 0.3 is 0 Å². The number of ether oxygens (including phenoxy) is 2. The molecule has 0 bridgehead atoms. The molecule has 0 saturated heterocycles. The van der Waals surface area contributed by atoms with Gasteiger partial charge in [-0.15, -0.1) is 0 Å². The zero-order valence-electron chi connectivity index (χ0n) is 17.9. The summed E-state index contributed by atoms with van der Waals surface area (Å²) in [5, 5.41) is 2.77. The van der Waals surface area contributed by atoms with Crippen LogP contribution in [0.15, 0.2) is 109 Å². The third-order valence-corrected chi connectivity index (χ3v) is 4.91. The van der Waals surface area contributed by atoms with Gasteiger partial charge in [-0.2, -0.15) is 0 Å². The topological polar surface area (TPSA) is 64.6 Å². The van der Waals surface area contributed by atoms with Crippen LogP contribution < -0.4 is 14.8 Å². The number of anilines is 1. The highest BCUT2D eigenvalue weighted by molar-refractivity contribution is 6.09. The zero-order valence-corrected chi connectivity index (χ0v) is 17.9. The highest BCUT2D eigenvalue weighted by Crippen LogP contribution is 2.19. The zero-order chi connectivity index (χ0) is 22.9. The molecular weight excluding hydrogens is 414 g/mol. The van der Waals surface area contributed by atoms with Crippen molar-refractivity contribution in [3.63, 3.8) is 0 Å². The first-order chi connectivity index (χ1) is 16.2. The van der Waals surface area contributed by atoms with E-state index in [0.29, 0.717) is 29.2 Å². The van der Waals surface area contributed by atoms with Gasteiger partial charge in [-0.1, -0.05) is 60.7 Å². The fourth-order valence-electron chi connectivity index (χ4n) is 3.18. The summed E-state index contributed by atoms with van der Waals surface area (Å²) in [6.07, 6.45) is 0. The summed E-state index contributed by atoms with van der Waals surface area (Å²) in [4.78, 5) is 24.7. The van der Waals surface area contributed by atoms with Gasteiger partial charge in [0, 0.05) is 16.8 Å². The monoisotopic (exact) mass is 437 g/mol. The number of rotatable bonds is 9. The molecule has 0 fully saturated rings. The van der Waals surface area contributed by atoms with Crippen LogP contribution in [0.3, 0.4) is 0 Å². The SMILES string of the molecule is O=C(COc1ccc(OCc2ccccc2)cc1)Nc1ccc(C(=O)c2ccccc2)cc1. The summed E-state index contributed by atoms with van der Waals surface area (Å²) in [7, 11) is 0. The maximum Gasteiger partial charge on any atom is 0.262 e. The maximum atomic E-state index is 12.5. The Bertz CT molecular complexity index is 1190. The second-order valence-electron chi connectivity index (χ2n) is 7.36. The van der Waals surface area contributed by atoms with Crippen LogP contribution in [0.1, 0.15) is 21.5 Å². The molecule has 0 heterocycles. The van der Waals surface area contributed by atoms with Crippen LogP contribution >= 0.6 is 0 Å². The summed E-state index contributed by atoms with van der Waals surface area (Å²) in [5.41, 5.74) is 2.87. The van der Waals surface area contributed by atoms with Crippen LogP contribution in [0.25, 0.3) is 0 Å². The Morgan fingerprint density at radius 2 is 1.15 bits per heavy atom. The fourth-order valence-corrected chi connectivity index (χ4v) is 3.18. The molecule has 164 valence electrons. The van der Waals surface area contributed by atoms with E-state index >= 15 is 0 Å². The van der Waals surface area contributed by atoms with Crippen LogP contribution in [0, 0.1) is 0 Å². The Balaban J connectivity index is 1.24. The van der Waals surface area contributed by atoms with Gasteiger partial charge in [0.2, 0.25) is 0 Å². The molecule has 0 unspecified atom stereocenters. The Labute approximate surface area is 192 Å². The van der Waals surface area contributed by atoms with Gasteiger partial charge in [0.05, 0.1) is 0 Å². The molecule has 5 nitrogen and oxygen atoms in total. The predicted molar refractivity (Wildman–Crippen MR) is 128 cm³/mol. The van der Waals surface area contributed by atoms with Gasteiger partial charge in [-0.05, 0) is 54.1 Å². The van der Waals surface area contributed by atoms with Gasteiger partial charge in [0.1, 0.15) is 18.1 Å². The first-order valence-corrected chi connectivity index (χ1v) is 10.6. The van der Waals surface area contributed by atoms with Crippen molar-refractivity contribution >= 4 is 17.4 Å². The lowest BCUT2D eigenvalue weighted by Gasteiger charge is -2.10. The number of ketones is 1. The van der Waals surface area contributed by atoms with Gasteiger partial charge in [-0.25, -0.2) is 0 Å². The van der Waals surface area contributed by atoms with Crippen LogP contribution in [0.5, 0.6) is 11.5 Å². The lowest BCUT2D eigenvalue weighted by Crippen LogP contribution is -2.20. The number of hydrogen-bond donors (Lipinski definition) is 1. The summed E-state index contributed by atoms with van der Waals surface area (Å²) in [5.74, 6) is 0.941. The predicted octanol–water partition coefficient (Wildman–Crippen LogP) is 5.51. The van der Waals surface area contributed by atoms with Crippen molar-refractivity contribution in [2.24, 2.45) is 0 Å². The lowest BCUT2D eigenvalue weighted by atomic mass is 10.0. The summed E-state index contributed by atoms with van der Waals surface area (Å²) >= 11 is 0. The smallest absolute Gasteiger partial charge is 0.262 e. The van der Waals surface area contributed by atoms with Gasteiger partial charge in [0.25, 0.3) is 5.91 Å². The molecule has 33 heavy (non-hydrogen) atoms. The quantitative estimate of drug-likeness (QED) is 0.351. The Hall–Kier alpha value is -4.38. The lowest BCUT2D eigenvalue weighted by molar-refractivity contribution is -0.118. The second-order valence-corrected chi connectivity index (χ2v) is 7.36. The van der Waals surface area contributed by atoms with E-state index in [1.165, 1.54) is 0 Å². The third kappa shape index (κ3) is 6.31. The minimum atomic E-state index is -0.290. The van der Waals surface area contributed by atoms with Crippen molar-refractivity contribution in [2.75, 3.05) is 11.9 Å². The molecule has 0 saturated carbocycles. The number of hydrogen-bond acceptors (Lipinski definition) is 4.